The van der Waals surface area contributed by atoms with Crippen molar-refractivity contribution in [3.8, 4) is 0 Å². The number of carboxylic acids is 1. The molecule has 0 spiro atoms. The van der Waals surface area contributed by atoms with Gasteiger partial charge in [0, 0.05) is 73.0 Å². The van der Waals surface area contributed by atoms with Crippen LogP contribution in [0.4, 0.5) is 36.8 Å². The third kappa shape index (κ3) is 13.7. The van der Waals surface area contributed by atoms with Crippen LogP contribution in [0.5, 0.6) is 0 Å². The van der Waals surface area contributed by atoms with Gasteiger partial charge in [0.25, 0.3) is 6.47 Å². The van der Waals surface area contributed by atoms with Crippen molar-refractivity contribution >= 4 is 52.6 Å². The molecule has 3 aromatic rings. The van der Waals surface area contributed by atoms with Gasteiger partial charge in [-0.25, -0.2) is 9.59 Å². The lowest BCUT2D eigenvalue weighted by molar-refractivity contribution is -0.192. The lowest BCUT2D eigenvalue weighted by Gasteiger charge is -2.40. The Morgan fingerprint density at radius 3 is 2.19 bits per heavy atom. The van der Waals surface area contributed by atoms with Crippen LogP contribution in [-0.4, -0.2) is 133 Å². The number of halogens is 7. The summed E-state index contributed by atoms with van der Waals surface area (Å²) in [4.78, 5) is 57.0. The van der Waals surface area contributed by atoms with E-state index >= 15 is 0 Å². The van der Waals surface area contributed by atoms with Gasteiger partial charge in [-0.05, 0) is 68.4 Å². The van der Waals surface area contributed by atoms with Crippen LogP contribution in [-0.2, 0) is 20.8 Å². The average Bonchev–Trinajstić information content (AvgIpc) is 3.53. The normalized spacial score (nSPS) is 16.8. The number of anilines is 1. The molecular formula is C35H45ClF6N6O6. The van der Waals surface area contributed by atoms with E-state index in [1.807, 2.05) is 59.3 Å². The monoisotopic (exact) mass is 794 g/mol. The molecule has 1 saturated heterocycles. The molecular weight excluding hydrogens is 750 g/mol. The predicted octanol–water partition coefficient (Wildman–Crippen LogP) is 5.92. The number of aliphatic carboxylic acids is 1. The molecule has 5 rings (SSSR count). The van der Waals surface area contributed by atoms with Crippen LogP contribution in [0.2, 0.25) is 5.02 Å². The minimum atomic E-state index is -5.08. The molecule has 0 radical (unpaired) electrons. The number of likely N-dealkylation sites (N-methyl/N-ethyl adjacent to an activating group) is 1. The van der Waals surface area contributed by atoms with E-state index in [1.54, 1.807) is 0 Å². The minimum absolute atomic E-state index is 0.0923. The number of nitrogens with one attached hydrogen (secondary N) is 2. The highest BCUT2D eigenvalue weighted by Crippen LogP contribution is 2.35. The molecule has 4 N–H and O–H groups in total. The Morgan fingerprint density at radius 1 is 1.07 bits per heavy atom. The molecule has 0 aliphatic carbocycles. The van der Waals surface area contributed by atoms with Crippen LogP contribution in [0, 0.1) is 5.92 Å². The van der Waals surface area contributed by atoms with Crippen LogP contribution in [0.3, 0.4) is 0 Å². The maximum atomic E-state index is 14.6. The second-order valence-corrected chi connectivity index (χ2v) is 13.1. The summed E-state index contributed by atoms with van der Waals surface area (Å²) in [5.74, 6) is -2.85. The molecule has 0 bridgehead atoms. The van der Waals surface area contributed by atoms with E-state index in [9.17, 15) is 35.9 Å². The standard InChI is InChI=1S/C31H41ClN6O2.C2HF3O2.CHF3.CH2O2/c1-5-36-12-14-37(15-13-36)31(40)34-29(21(2)26-18-33-27-9-7-6-8-25(26)27)30(39)38-20-22(19-35(3)4)16-23-17-24(32)10-11-28(23)38;3-2(4,5)1(6)7;2-1(3)4;2-1-3/h6-11,17-18,21-22,29,33H,5,12-16,19-20H2,1-4H3,(H,34,40);(H,6,7);1H;1H,(H,2,3)/t21?,22-,29?;;;/m1.../s1. The molecule has 300 valence electrons. The van der Waals surface area contributed by atoms with Gasteiger partial charge >= 0.3 is 24.9 Å². The van der Waals surface area contributed by atoms with Crippen LogP contribution < -0.4 is 10.2 Å². The number of hydrogen-bond donors (Lipinski definition) is 4. The van der Waals surface area contributed by atoms with Gasteiger partial charge in [0.2, 0.25) is 5.91 Å². The van der Waals surface area contributed by atoms with E-state index in [-0.39, 0.29) is 30.2 Å². The smallest absolute Gasteiger partial charge is 0.483 e. The van der Waals surface area contributed by atoms with E-state index in [1.165, 1.54) is 0 Å². The SMILES string of the molecule is CCN1CCN(C(=O)NC(C(=O)N2C[C@@H](CN(C)C)Cc3cc(Cl)ccc32)C(C)c2c[nH]c3ccccc23)CC1.FC(F)F.O=C(O)C(F)(F)F.O=CO. The average molecular weight is 795 g/mol. The third-order valence-electron chi connectivity index (χ3n) is 8.68. The predicted molar refractivity (Wildman–Crippen MR) is 192 cm³/mol. The largest absolute Gasteiger partial charge is 0.490 e. The molecule has 1 aromatic heterocycles. The zero-order valence-electron chi connectivity index (χ0n) is 30.1. The van der Waals surface area contributed by atoms with Crippen LogP contribution in [0.25, 0.3) is 10.9 Å². The first-order chi connectivity index (χ1) is 25.3. The molecule has 54 heavy (non-hydrogen) atoms. The maximum Gasteiger partial charge on any atom is 0.490 e. The number of nitrogens with zero attached hydrogens (tertiary/aromatic N) is 4. The number of aromatic nitrogens is 1. The number of alkyl halides is 6. The van der Waals surface area contributed by atoms with Gasteiger partial charge in [0.15, 0.2) is 0 Å². The van der Waals surface area contributed by atoms with Crippen molar-refractivity contribution in [1.82, 2.24) is 25.0 Å². The summed E-state index contributed by atoms with van der Waals surface area (Å²) in [6, 6.07) is 12.9. The fourth-order valence-corrected chi connectivity index (χ4v) is 6.47. The molecule has 2 aromatic carbocycles. The molecule has 0 saturated carbocycles. The van der Waals surface area contributed by atoms with Crippen molar-refractivity contribution in [3.63, 3.8) is 0 Å². The Labute approximate surface area is 313 Å². The highest BCUT2D eigenvalue weighted by atomic mass is 35.5. The number of aromatic amines is 1. The molecule has 2 aliphatic heterocycles. The van der Waals surface area contributed by atoms with Gasteiger partial charge in [-0.15, -0.1) is 0 Å². The van der Waals surface area contributed by atoms with Crippen LogP contribution >= 0.6 is 11.6 Å². The lowest BCUT2D eigenvalue weighted by Crippen LogP contribution is -2.58. The second kappa shape index (κ2) is 21.4. The fraction of sp³-hybridized carbons (Fsp3) is 0.486. The zero-order valence-corrected chi connectivity index (χ0v) is 30.9. The Hall–Kier alpha value is -4.55. The summed E-state index contributed by atoms with van der Waals surface area (Å²) >= 11 is 6.39. The number of benzene rings is 2. The first kappa shape index (κ1) is 45.6. The van der Waals surface area contributed by atoms with Gasteiger partial charge < -0.3 is 40.1 Å². The number of carbonyl (C=O) groups is 4. The van der Waals surface area contributed by atoms with Crippen molar-refractivity contribution in [2.75, 3.05) is 64.8 Å². The number of rotatable bonds is 7. The first-order valence-corrected chi connectivity index (χ1v) is 17.1. The zero-order chi connectivity index (χ0) is 40.7. The van der Waals surface area contributed by atoms with Crippen molar-refractivity contribution in [1.29, 1.82) is 0 Å². The molecule has 3 atom stereocenters. The van der Waals surface area contributed by atoms with Crippen LogP contribution in [0.1, 0.15) is 30.9 Å². The van der Waals surface area contributed by atoms with E-state index < -0.39 is 24.9 Å². The Kier molecular flexibility index (Phi) is 18.0. The summed E-state index contributed by atoms with van der Waals surface area (Å²) in [6.07, 6.45) is -2.25. The highest BCUT2D eigenvalue weighted by Gasteiger charge is 2.39. The molecule has 1 fully saturated rings. The number of carbonyl (C=O) groups excluding carboxylic acids is 2. The number of para-hydroxylation sites is 1. The van der Waals surface area contributed by atoms with E-state index in [4.69, 9.17) is 31.4 Å². The van der Waals surface area contributed by atoms with Crippen molar-refractivity contribution < 1.29 is 55.7 Å². The Bertz CT molecular complexity index is 1670. The number of carboxylic acid groups (broad SMARTS) is 2. The molecule has 3 amide bonds. The Balaban J connectivity index is 0.000000618. The summed E-state index contributed by atoms with van der Waals surface area (Å²) in [6.45, 7) is 5.66. The summed E-state index contributed by atoms with van der Waals surface area (Å²) in [5, 5.41) is 18.9. The van der Waals surface area contributed by atoms with E-state index in [2.05, 4.69) is 47.2 Å². The minimum Gasteiger partial charge on any atom is -0.483 e. The molecule has 2 aliphatic rings. The highest BCUT2D eigenvalue weighted by molar-refractivity contribution is 6.30. The van der Waals surface area contributed by atoms with Gasteiger partial charge in [-0.1, -0.05) is 43.6 Å². The molecule has 19 heteroatoms. The van der Waals surface area contributed by atoms with Gasteiger partial charge in [-0.3, -0.25) is 9.59 Å². The van der Waals surface area contributed by atoms with Crippen LogP contribution in [0.15, 0.2) is 48.7 Å². The number of piperazine rings is 1. The second-order valence-electron chi connectivity index (χ2n) is 12.6. The van der Waals surface area contributed by atoms with Gasteiger partial charge in [0.1, 0.15) is 6.04 Å². The molecule has 2 unspecified atom stereocenters. The van der Waals surface area contributed by atoms with Crippen molar-refractivity contribution in [2.45, 2.75) is 45.1 Å². The summed E-state index contributed by atoms with van der Waals surface area (Å²) in [7, 11) is 4.11. The number of amides is 3. The van der Waals surface area contributed by atoms with E-state index in [0.717, 1.165) is 60.3 Å². The first-order valence-electron chi connectivity index (χ1n) is 16.7. The third-order valence-corrected chi connectivity index (χ3v) is 8.91. The van der Waals surface area contributed by atoms with Crippen molar-refractivity contribution in [2.24, 2.45) is 5.92 Å². The Morgan fingerprint density at radius 2 is 1.65 bits per heavy atom. The number of urea groups is 1. The van der Waals surface area contributed by atoms with E-state index in [0.29, 0.717) is 24.7 Å². The quantitative estimate of drug-likeness (QED) is 0.170. The number of H-pyrrole nitrogens is 1. The number of fused-ring (bicyclic) bond motifs is 2. The number of hydrogen-bond acceptors (Lipinski definition) is 6. The van der Waals surface area contributed by atoms with Gasteiger partial charge in [0.05, 0.1) is 0 Å². The fourth-order valence-electron chi connectivity index (χ4n) is 6.27. The summed E-state index contributed by atoms with van der Waals surface area (Å²) < 4.78 is 60.7. The summed E-state index contributed by atoms with van der Waals surface area (Å²) in [5.41, 5.74) is 3.98. The maximum absolute atomic E-state index is 14.6. The molecule has 12 nitrogen and oxygen atoms in total. The van der Waals surface area contributed by atoms with Crippen molar-refractivity contribution in [3.05, 3.63) is 64.8 Å². The topological polar surface area (TPSA) is 150 Å². The van der Waals surface area contributed by atoms with Gasteiger partial charge in [-0.2, -0.15) is 26.3 Å². The lowest BCUT2D eigenvalue weighted by atomic mass is 9.88. The molecule has 3 heterocycles.